The molecule has 0 heterocycles. The van der Waals surface area contributed by atoms with E-state index in [9.17, 15) is 9.59 Å². The summed E-state index contributed by atoms with van der Waals surface area (Å²) in [5, 5.41) is 7.00. The molecular formula is C12H26O5. The van der Waals surface area contributed by atoms with Gasteiger partial charge in [-0.05, 0) is 27.2 Å². The fourth-order valence-electron chi connectivity index (χ4n) is 0.802. The van der Waals surface area contributed by atoms with Crippen LogP contribution in [0.2, 0.25) is 0 Å². The Hall–Kier alpha value is -0.780. The van der Waals surface area contributed by atoms with Crippen molar-refractivity contribution in [1.82, 2.24) is 0 Å². The van der Waals surface area contributed by atoms with Gasteiger partial charge in [0, 0.05) is 33.2 Å². The van der Waals surface area contributed by atoms with Gasteiger partial charge in [-0.2, -0.15) is 0 Å². The molecule has 0 aliphatic rings. The Morgan fingerprint density at radius 1 is 1.00 bits per heavy atom. The Morgan fingerprint density at radius 3 is 1.59 bits per heavy atom. The number of aliphatic hydroxyl groups is 1. The van der Waals surface area contributed by atoms with E-state index in [1.54, 1.807) is 0 Å². The van der Waals surface area contributed by atoms with Gasteiger partial charge in [-0.1, -0.05) is 0 Å². The Labute approximate surface area is 104 Å². The van der Waals surface area contributed by atoms with Crippen molar-refractivity contribution in [3.8, 4) is 0 Å². The lowest BCUT2D eigenvalue weighted by Crippen LogP contribution is -2.11. The minimum Gasteiger partial charge on any atom is -0.400 e. The lowest BCUT2D eigenvalue weighted by Gasteiger charge is -2.09. The van der Waals surface area contributed by atoms with Crippen LogP contribution in [0.4, 0.5) is 0 Å². The molecule has 0 unspecified atom stereocenters. The minimum atomic E-state index is -0.0370. The van der Waals surface area contributed by atoms with E-state index < -0.39 is 0 Å². The van der Waals surface area contributed by atoms with E-state index in [1.165, 1.54) is 0 Å². The SMILES string of the molecule is CCOC(C)OCC.CO.O=CCCCC=O. The molecule has 5 heteroatoms. The Bertz CT molecular complexity index is 125. The summed E-state index contributed by atoms with van der Waals surface area (Å²) in [5.74, 6) is 0. The van der Waals surface area contributed by atoms with Crippen molar-refractivity contribution in [1.29, 1.82) is 0 Å². The van der Waals surface area contributed by atoms with Crippen molar-refractivity contribution in [3.63, 3.8) is 0 Å². The maximum absolute atomic E-state index is 9.56. The molecule has 17 heavy (non-hydrogen) atoms. The molecule has 0 aromatic rings. The molecule has 0 aromatic carbocycles. The van der Waals surface area contributed by atoms with Gasteiger partial charge >= 0.3 is 0 Å². The van der Waals surface area contributed by atoms with E-state index in [4.69, 9.17) is 14.6 Å². The predicted molar refractivity (Wildman–Crippen MR) is 66.8 cm³/mol. The summed E-state index contributed by atoms with van der Waals surface area (Å²) in [5.41, 5.74) is 0. The van der Waals surface area contributed by atoms with Crippen molar-refractivity contribution >= 4 is 12.6 Å². The molecule has 0 radical (unpaired) electrons. The zero-order chi connectivity index (χ0) is 13.9. The van der Waals surface area contributed by atoms with Gasteiger partial charge in [0.25, 0.3) is 0 Å². The first kappa shape index (κ1) is 21.5. The van der Waals surface area contributed by atoms with Gasteiger partial charge in [0.05, 0.1) is 0 Å². The molecule has 0 aliphatic carbocycles. The highest BCUT2D eigenvalue weighted by Crippen LogP contribution is 1.90. The fourth-order valence-corrected chi connectivity index (χ4v) is 0.802. The molecule has 0 saturated carbocycles. The number of hydrogen-bond donors (Lipinski definition) is 1. The second-order valence-electron chi connectivity index (χ2n) is 2.74. The molecule has 5 nitrogen and oxygen atoms in total. The van der Waals surface area contributed by atoms with Crippen molar-refractivity contribution < 1.29 is 24.2 Å². The maximum atomic E-state index is 9.56. The highest BCUT2D eigenvalue weighted by Gasteiger charge is 1.94. The molecule has 0 bridgehead atoms. The van der Waals surface area contributed by atoms with E-state index >= 15 is 0 Å². The molecule has 0 spiro atoms. The third-order valence-electron chi connectivity index (χ3n) is 1.45. The second-order valence-corrected chi connectivity index (χ2v) is 2.74. The monoisotopic (exact) mass is 250 g/mol. The summed E-state index contributed by atoms with van der Waals surface area (Å²) in [6.07, 6.45) is 3.34. The highest BCUT2D eigenvalue weighted by atomic mass is 16.7. The number of carbonyl (C=O) groups is 2. The van der Waals surface area contributed by atoms with Crippen LogP contribution in [-0.2, 0) is 19.1 Å². The zero-order valence-corrected chi connectivity index (χ0v) is 11.3. The number of unbranched alkanes of at least 4 members (excludes halogenated alkanes) is 2. The van der Waals surface area contributed by atoms with E-state index in [0.29, 0.717) is 19.3 Å². The van der Waals surface area contributed by atoms with E-state index in [1.807, 2.05) is 20.8 Å². The number of carbonyl (C=O) groups excluding carboxylic acids is 2. The van der Waals surface area contributed by atoms with E-state index in [0.717, 1.165) is 32.9 Å². The second kappa shape index (κ2) is 24.4. The summed E-state index contributed by atoms with van der Waals surface area (Å²) >= 11 is 0. The van der Waals surface area contributed by atoms with Crippen LogP contribution in [0.5, 0.6) is 0 Å². The van der Waals surface area contributed by atoms with Gasteiger partial charge in [-0.25, -0.2) is 0 Å². The summed E-state index contributed by atoms with van der Waals surface area (Å²) < 4.78 is 10.1. The topological polar surface area (TPSA) is 72.8 Å². The predicted octanol–water partition coefficient (Wildman–Crippen LogP) is 1.57. The van der Waals surface area contributed by atoms with Crippen LogP contribution in [0.1, 0.15) is 40.0 Å². The van der Waals surface area contributed by atoms with Crippen LogP contribution in [-0.4, -0.2) is 44.3 Å². The molecule has 0 fully saturated rings. The Balaban J connectivity index is -0.000000202. The van der Waals surface area contributed by atoms with Gasteiger partial charge in [-0.15, -0.1) is 0 Å². The van der Waals surface area contributed by atoms with Crippen molar-refractivity contribution in [3.05, 3.63) is 0 Å². The molecule has 104 valence electrons. The number of aliphatic hydroxyl groups excluding tert-OH is 1. The largest absolute Gasteiger partial charge is 0.400 e. The molecule has 0 atom stereocenters. The molecule has 0 aromatic heterocycles. The lowest BCUT2D eigenvalue weighted by atomic mass is 10.3. The molecule has 0 saturated heterocycles. The average Bonchev–Trinajstić information content (AvgIpc) is 2.34. The molecule has 0 amide bonds. The van der Waals surface area contributed by atoms with Crippen LogP contribution in [0.3, 0.4) is 0 Å². The summed E-state index contributed by atoms with van der Waals surface area (Å²) in [4.78, 5) is 19.1. The summed E-state index contributed by atoms with van der Waals surface area (Å²) in [6, 6.07) is 0. The molecule has 0 rings (SSSR count). The van der Waals surface area contributed by atoms with Crippen molar-refractivity contribution in [2.45, 2.75) is 46.3 Å². The highest BCUT2D eigenvalue weighted by molar-refractivity contribution is 5.52. The van der Waals surface area contributed by atoms with Crippen LogP contribution in [0.25, 0.3) is 0 Å². The quantitative estimate of drug-likeness (QED) is 0.402. The smallest absolute Gasteiger partial charge is 0.154 e. The van der Waals surface area contributed by atoms with Crippen LogP contribution in [0, 0.1) is 0 Å². The van der Waals surface area contributed by atoms with Gasteiger partial charge in [-0.3, -0.25) is 0 Å². The number of hydrogen-bond acceptors (Lipinski definition) is 5. The number of aldehydes is 2. The van der Waals surface area contributed by atoms with E-state index in [2.05, 4.69) is 0 Å². The third-order valence-corrected chi connectivity index (χ3v) is 1.45. The van der Waals surface area contributed by atoms with Crippen molar-refractivity contribution in [2.24, 2.45) is 0 Å². The standard InChI is InChI=1S/C6H14O2.C5H8O2.CH4O/c1-4-7-6(3)8-5-2;6-4-2-1-3-5-7;1-2/h6H,4-5H2,1-3H3;4-5H,1-3H2;2H,1H3. The number of rotatable bonds is 8. The molecular weight excluding hydrogens is 224 g/mol. The summed E-state index contributed by atoms with van der Waals surface area (Å²) in [7, 11) is 1.00. The van der Waals surface area contributed by atoms with Gasteiger partial charge in [0.15, 0.2) is 6.29 Å². The Morgan fingerprint density at radius 2 is 1.35 bits per heavy atom. The van der Waals surface area contributed by atoms with Crippen LogP contribution in [0.15, 0.2) is 0 Å². The first-order valence-electron chi connectivity index (χ1n) is 5.78. The molecule has 1 N–H and O–H groups in total. The first-order valence-corrected chi connectivity index (χ1v) is 5.78. The summed E-state index contributed by atoms with van der Waals surface area (Å²) in [6.45, 7) is 7.25. The van der Waals surface area contributed by atoms with Gasteiger partial charge in [0.2, 0.25) is 0 Å². The van der Waals surface area contributed by atoms with Crippen molar-refractivity contribution in [2.75, 3.05) is 20.3 Å². The van der Waals surface area contributed by atoms with Gasteiger partial charge < -0.3 is 24.2 Å². The lowest BCUT2D eigenvalue weighted by molar-refractivity contribution is -0.123. The van der Waals surface area contributed by atoms with Crippen LogP contribution >= 0.6 is 0 Å². The fraction of sp³-hybridized carbons (Fsp3) is 0.833. The zero-order valence-electron chi connectivity index (χ0n) is 11.3. The Kier molecular flexibility index (Phi) is 30.9. The number of ether oxygens (including phenoxy) is 2. The maximum Gasteiger partial charge on any atom is 0.154 e. The average molecular weight is 250 g/mol. The first-order chi connectivity index (χ1) is 8.22. The van der Waals surface area contributed by atoms with E-state index in [-0.39, 0.29) is 6.29 Å². The normalized spacial score (nSPS) is 8.59. The third kappa shape index (κ3) is 31.3. The van der Waals surface area contributed by atoms with Crippen LogP contribution < -0.4 is 0 Å². The molecule has 0 aliphatic heterocycles. The van der Waals surface area contributed by atoms with Gasteiger partial charge in [0.1, 0.15) is 12.6 Å². The minimum absolute atomic E-state index is 0.0370.